The van der Waals surface area contributed by atoms with E-state index in [9.17, 15) is 0 Å². The molecule has 11 heavy (non-hydrogen) atoms. The van der Waals surface area contributed by atoms with Gasteiger partial charge in [-0.25, -0.2) is 0 Å². The zero-order valence-corrected chi connectivity index (χ0v) is 9.03. The molecule has 0 nitrogen and oxygen atoms in total. The monoisotopic (exact) mass is 170 g/mol. The van der Waals surface area contributed by atoms with Crippen molar-refractivity contribution in [2.24, 2.45) is 0 Å². The lowest BCUT2D eigenvalue weighted by atomic mass is 10.0. The zero-order chi connectivity index (χ0) is 7.61. The van der Waals surface area contributed by atoms with Crippen LogP contribution in [0, 0.1) is 0 Å². The summed E-state index contributed by atoms with van der Waals surface area (Å²) in [7, 11) is -0.491. The Morgan fingerprint density at radius 3 is 1.64 bits per heavy atom. The number of hydrogen-bond donors (Lipinski definition) is 0. The first-order valence-electron chi connectivity index (χ1n) is 4.42. The molecule has 0 saturated heterocycles. The minimum atomic E-state index is -0.491. The molecule has 0 spiro atoms. The van der Waals surface area contributed by atoms with Gasteiger partial charge in [0, 0.05) is 27.3 Å². The number of hydrogen-bond acceptors (Lipinski definition) is 0. The van der Waals surface area contributed by atoms with Crippen LogP contribution >= 0.6 is 7.26 Å². The van der Waals surface area contributed by atoms with Crippen molar-refractivity contribution in [1.29, 1.82) is 0 Å². The van der Waals surface area contributed by atoms with Gasteiger partial charge in [-0.05, 0) is 25.7 Å². The highest BCUT2D eigenvalue weighted by atomic mass is 31.2. The summed E-state index contributed by atoms with van der Waals surface area (Å²) < 4.78 is 0. The highest BCUT2D eigenvalue weighted by Crippen LogP contribution is 2.56. The summed E-state index contributed by atoms with van der Waals surface area (Å²) in [6.07, 6.45) is 7.55. The molecule has 0 atom stereocenters. The van der Waals surface area contributed by atoms with E-state index < -0.39 is 7.26 Å². The molecule has 1 fully saturated rings. The van der Waals surface area contributed by atoms with Crippen molar-refractivity contribution in [3.05, 3.63) is 0 Å². The van der Waals surface area contributed by atoms with Gasteiger partial charge in [0.05, 0.1) is 5.66 Å². The largest absolute Gasteiger partial charge is 1.00 e. The van der Waals surface area contributed by atoms with Crippen molar-refractivity contribution < 1.29 is 0 Å². The van der Waals surface area contributed by atoms with E-state index in [1.54, 1.807) is 0 Å². The van der Waals surface area contributed by atoms with E-state index in [0.717, 1.165) is 5.66 Å². The third-order valence-corrected chi connectivity index (χ3v) is 5.38. The Hall–Kier alpha value is 0.495. The lowest BCUT2D eigenvalue weighted by Crippen LogP contribution is -2.15. The molecule has 0 heterocycles. The second-order valence-corrected chi connectivity index (χ2v) is 9.37. The van der Waals surface area contributed by atoms with Gasteiger partial charge in [0.25, 0.3) is 0 Å². The van der Waals surface area contributed by atoms with Crippen molar-refractivity contribution in [3.63, 3.8) is 0 Å². The Labute approximate surface area is 74.1 Å². The van der Waals surface area contributed by atoms with Crippen LogP contribution in [0.3, 0.4) is 0 Å². The SMILES string of the molecule is C[P+](C)(C)C1CCCCC1.[B-]. The lowest BCUT2D eigenvalue weighted by Gasteiger charge is -2.27. The molecule has 0 N–H and O–H groups in total. The zero-order valence-electron chi connectivity index (χ0n) is 8.14. The van der Waals surface area contributed by atoms with Gasteiger partial charge >= 0.3 is 0 Å². The Morgan fingerprint density at radius 2 is 1.36 bits per heavy atom. The molecule has 0 aromatic rings. The molecule has 0 aromatic carbocycles. The molecule has 64 valence electrons. The summed E-state index contributed by atoms with van der Waals surface area (Å²) in [6.45, 7) is 7.47. The van der Waals surface area contributed by atoms with Gasteiger partial charge in [-0.2, -0.15) is 0 Å². The third kappa shape index (κ3) is 3.60. The summed E-state index contributed by atoms with van der Waals surface area (Å²) in [4.78, 5) is 0. The first-order valence-corrected chi connectivity index (χ1v) is 7.62. The van der Waals surface area contributed by atoms with Gasteiger partial charge < -0.3 is 8.41 Å². The predicted octanol–water partition coefficient (Wildman–Crippen LogP) is 2.85. The van der Waals surface area contributed by atoms with Crippen LogP contribution in [0.25, 0.3) is 0 Å². The fourth-order valence-electron chi connectivity index (χ4n) is 1.86. The molecule has 0 bridgehead atoms. The van der Waals surface area contributed by atoms with Crippen LogP contribution in [-0.2, 0) is 0 Å². The highest BCUT2D eigenvalue weighted by molar-refractivity contribution is 7.74. The van der Waals surface area contributed by atoms with Crippen LogP contribution in [0.2, 0.25) is 0 Å². The van der Waals surface area contributed by atoms with Crippen molar-refractivity contribution in [1.82, 2.24) is 0 Å². The average molecular weight is 170 g/mol. The Kier molecular flexibility index (Phi) is 4.71. The van der Waals surface area contributed by atoms with Crippen molar-refractivity contribution >= 4 is 15.7 Å². The first-order chi connectivity index (χ1) is 4.61. The van der Waals surface area contributed by atoms with Gasteiger partial charge in [0.15, 0.2) is 0 Å². The molecular formula is C9H20BP. The fraction of sp³-hybridized carbons (Fsp3) is 1.00. The lowest BCUT2D eigenvalue weighted by molar-refractivity contribution is 0.509. The van der Waals surface area contributed by atoms with Crippen LogP contribution in [-0.4, -0.2) is 34.1 Å². The van der Waals surface area contributed by atoms with Crippen LogP contribution < -0.4 is 0 Å². The Morgan fingerprint density at radius 1 is 0.909 bits per heavy atom. The summed E-state index contributed by atoms with van der Waals surface area (Å²) >= 11 is 0. The quantitative estimate of drug-likeness (QED) is 0.419. The molecule has 1 aliphatic carbocycles. The van der Waals surface area contributed by atoms with E-state index in [4.69, 9.17) is 0 Å². The van der Waals surface area contributed by atoms with E-state index in [-0.39, 0.29) is 8.41 Å². The van der Waals surface area contributed by atoms with E-state index in [0.29, 0.717) is 0 Å². The van der Waals surface area contributed by atoms with Gasteiger partial charge in [-0.15, -0.1) is 0 Å². The molecule has 0 aromatic heterocycles. The van der Waals surface area contributed by atoms with Crippen LogP contribution in [0.5, 0.6) is 0 Å². The average Bonchev–Trinajstić information content (AvgIpc) is 1.88. The molecule has 0 aliphatic heterocycles. The van der Waals surface area contributed by atoms with E-state index >= 15 is 0 Å². The second-order valence-electron chi connectivity index (χ2n) is 4.41. The molecule has 2 heteroatoms. The Balaban J connectivity index is 0.000001000. The summed E-state index contributed by atoms with van der Waals surface area (Å²) in [5.41, 5.74) is 1.11. The van der Waals surface area contributed by atoms with Gasteiger partial charge in [0.2, 0.25) is 0 Å². The maximum Gasteiger partial charge on any atom is 0.0689 e. The van der Waals surface area contributed by atoms with Gasteiger partial charge in [-0.1, -0.05) is 6.42 Å². The Bertz CT molecular complexity index is 101. The molecule has 1 aliphatic rings. The van der Waals surface area contributed by atoms with Gasteiger partial charge in [0.1, 0.15) is 0 Å². The molecule has 4 radical (unpaired) electrons. The standard InChI is InChI=1S/C9H20P.B/c1-10(2,3)9-7-5-4-6-8-9;/h9H,4-8H2,1-3H3;/q+1;-1. The molecule has 1 saturated carbocycles. The fourth-order valence-corrected chi connectivity index (χ4v) is 3.77. The normalized spacial score (nSPS) is 21.0. The van der Waals surface area contributed by atoms with Crippen LogP contribution in [0.15, 0.2) is 0 Å². The first kappa shape index (κ1) is 11.5. The second kappa shape index (κ2) is 4.50. The molecule has 0 unspecified atom stereocenters. The van der Waals surface area contributed by atoms with Crippen molar-refractivity contribution in [3.8, 4) is 0 Å². The summed E-state index contributed by atoms with van der Waals surface area (Å²) in [5, 5.41) is 0. The minimum absolute atomic E-state index is 0. The van der Waals surface area contributed by atoms with Gasteiger partial charge in [-0.3, -0.25) is 0 Å². The third-order valence-electron chi connectivity index (χ3n) is 2.67. The van der Waals surface area contributed by atoms with E-state index in [1.165, 1.54) is 32.1 Å². The minimum Gasteiger partial charge on any atom is -1.00 e. The maximum absolute atomic E-state index is 2.49. The molecule has 1 rings (SSSR count). The van der Waals surface area contributed by atoms with E-state index in [2.05, 4.69) is 20.0 Å². The maximum atomic E-state index is 2.49. The summed E-state index contributed by atoms with van der Waals surface area (Å²) in [6, 6.07) is 0. The molecular weight excluding hydrogens is 150 g/mol. The smallest absolute Gasteiger partial charge is 0.0689 e. The number of rotatable bonds is 1. The van der Waals surface area contributed by atoms with Crippen molar-refractivity contribution in [2.75, 3.05) is 20.0 Å². The van der Waals surface area contributed by atoms with Crippen molar-refractivity contribution in [2.45, 2.75) is 37.8 Å². The highest BCUT2D eigenvalue weighted by Gasteiger charge is 2.31. The molecule has 0 amide bonds. The van der Waals surface area contributed by atoms with E-state index in [1.807, 2.05) is 0 Å². The topological polar surface area (TPSA) is 0 Å². The van der Waals surface area contributed by atoms with Crippen LogP contribution in [0.1, 0.15) is 32.1 Å². The predicted molar refractivity (Wildman–Crippen MR) is 57.3 cm³/mol. The van der Waals surface area contributed by atoms with Crippen LogP contribution in [0.4, 0.5) is 0 Å². The summed E-state index contributed by atoms with van der Waals surface area (Å²) in [5.74, 6) is 0.